The van der Waals surface area contributed by atoms with Crippen molar-refractivity contribution in [1.29, 1.82) is 0 Å². The molecule has 3 N–H and O–H groups in total. The number of amides is 1. The van der Waals surface area contributed by atoms with Gasteiger partial charge in [-0.25, -0.2) is 4.99 Å². The highest BCUT2D eigenvalue weighted by Gasteiger charge is 2.23. The lowest BCUT2D eigenvalue weighted by molar-refractivity contribution is -0.123. The van der Waals surface area contributed by atoms with Crippen molar-refractivity contribution in [2.75, 3.05) is 26.3 Å². The lowest BCUT2D eigenvalue weighted by Gasteiger charge is -2.12. The van der Waals surface area contributed by atoms with E-state index in [1.54, 1.807) is 0 Å². The van der Waals surface area contributed by atoms with E-state index in [1.165, 1.54) is 0 Å². The van der Waals surface area contributed by atoms with Crippen LogP contribution < -0.4 is 25.4 Å². The molecule has 0 radical (unpaired) electrons. The predicted octanol–water partition coefficient (Wildman–Crippen LogP) is 2.87. The Morgan fingerprint density at radius 2 is 1.84 bits per heavy atom. The van der Waals surface area contributed by atoms with Gasteiger partial charge in [-0.1, -0.05) is 30.3 Å². The molecule has 0 aliphatic heterocycles. The third kappa shape index (κ3) is 8.99. The molecule has 1 amide bonds. The van der Waals surface area contributed by atoms with Crippen molar-refractivity contribution in [2.45, 2.75) is 38.8 Å². The third-order valence-electron chi connectivity index (χ3n) is 4.60. The normalized spacial score (nSPS) is 13.4. The topological polar surface area (TPSA) is 84.0 Å². The van der Waals surface area contributed by atoms with E-state index in [0.29, 0.717) is 24.9 Å². The summed E-state index contributed by atoms with van der Waals surface area (Å²) in [4.78, 5) is 16.4. The van der Waals surface area contributed by atoms with Crippen LogP contribution in [-0.4, -0.2) is 44.2 Å². The summed E-state index contributed by atoms with van der Waals surface area (Å²) in [5, 5.41) is 9.50. The number of aliphatic imine (C=N–C) groups is 1. The smallest absolute Gasteiger partial charge is 0.258 e. The summed E-state index contributed by atoms with van der Waals surface area (Å²) >= 11 is 0. The van der Waals surface area contributed by atoms with E-state index in [2.05, 4.69) is 20.9 Å². The summed E-state index contributed by atoms with van der Waals surface area (Å²) in [6, 6.07) is 17.8. The van der Waals surface area contributed by atoms with Crippen LogP contribution in [0.5, 0.6) is 11.5 Å². The van der Waals surface area contributed by atoms with Crippen LogP contribution in [0.2, 0.25) is 0 Å². The van der Waals surface area contributed by atoms with E-state index in [0.717, 1.165) is 49.6 Å². The van der Waals surface area contributed by atoms with E-state index >= 15 is 0 Å². The Balaban J connectivity index is 1.40. The minimum Gasteiger partial charge on any atom is -0.494 e. The van der Waals surface area contributed by atoms with Gasteiger partial charge in [-0.2, -0.15) is 0 Å². The zero-order valence-electron chi connectivity index (χ0n) is 18.1. The van der Waals surface area contributed by atoms with Crippen molar-refractivity contribution >= 4 is 11.9 Å². The van der Waals surface area contributed by atoms with Gasteiger partial charge in [-0.05, 0) is 56.0 Å². The first kappa shape index (κ1) is 22.5. The average molecular weight is 425 g/mol. The van der Waals surface area contributed by atoms with Crippen LogP contribution in [0.3, 0.4) is 0 Å². The average Bonchev–Trinajstić information content (AvgIpc) is 3.61. The monoisotopic (exact) mass is 424 g/mol. The Labute approximate surface area is 184 Å². The number of carbonyl (C=O) groups excluding carboxylic acids is 1. The molecule has 0 saturated heterocycles. The van der Waals surface area contributed by atoms with Crippen molar-refractivity contribution in [2.24, 2.45) is 4.99 Å². The summed E-state index contributed by atoms with van der Waals surface area (Å²) in [5.41, 5.74) is 1.02. The minimum absolute atomic E-state index is 0.0401. The molecule has 0 aromatic heterocycles. The number of guanidine groups is 1. The Morgan fingerprint density at radius 3 is 2.61 bits per heavy atom. The zero-order chi connectivity index (χ0) is 21.7. The molecule has 1 fully saturated rings. The number of rotatable bonds is 12. The molecule has 31 heavy (non-hydrogen) atoms. The Morgan fingerprint density at radius 1 is 1.03 bits per heavy atom. The Bertz CT molecular complexity index is 838. The molecule has 0 spiro atoms. The van der Waals surface area contributed by atoms with Gasteiger partial charge in [0.2, 0.25) is 0 Å². The minimum atomic E-state index is -0.0687. The van der Waals surface area contributed by atoms with Gasteiger partial charge in [0.15, 0.2) is 12.6 Å². The molecule has 1 aliphatic carbocycles. The molecule has 2 aromatic rings. The molecule has 0 unspecified atom stereocenters. The Kier molecular flexibility index (Phi) is 9.04. The SMILES string of the molecule is CCNC(=NCc1cccc(OCC(=O)NC2CC2)c1)NCCCOc1ccccc1. The number of benzene rings is 2. The van der Waals surface area contributed by atoms with E-state index in [1.807, 2.05) is 61.5 Å². The van der Waals surface area contributed by atoms with Crippen LogP contribution in [0.15, 0.2) is 59.6 Å². The Hall–Kier alpha value is -3.22. The lowest BCUT2D eigenvalue weighted by atomic mass is 10.2. The number of nitrogens with one attached hydrogen (secondary N) is 3. The maximum atomic E-state index is 11.8. The second-order valence-electron chi connectivity index (χ2n) is 7.41. The van der Waals surface area contributed by atoms with Crippen LogP contribution in [0.25, 0.3) is 0 Å². The number of hydrogen-bond acceptors (Lipinski definition) is 4. The standard InChI is InChI=1S/C24H32N4O3/c1-2-25-24(26-14-7-15-30-21-9-4-3-5-10-21)27-17-19-8-6-11-22(16-19)31-18-23(29)28-20-12-13-20/h3-6,8-11,16,20H,2,7,12-15,17-18H2,1H3,(H,28,29)(H2,25,26,27). The summed E-state index contributed by atoms with van der Waals surface area (Å²) in [6.07, 6.45) is 3.01. The zero-order valence-corrected chi connectivity index (χ0v) is 18.1. The number of carbonyl (C=O) groups is 1. The van der Waals surface area contributed by atoms with Crippen LogP contribution in [0.4, 0.5) is 0 Å². The summed E-state index contributed by atoms with van der Waals surface area (Å²) < 4.78 is 11.3. The first-order valence-electron chi connectivity index (χ1n) is 10.9. The van der Waals surface area contributed by atoms with Crippen molar-refractivity contribution in [3.8, 4) is 11.5 Å². The van der Waals surface area contributed by atoms with Gasteiger partial charge in [0.25, 0.3) is 5.91 Å². The van der Waals surface area contributed by atoms with Crippen molar-refractivity contribution in [3.05, 3.63) is 60.2 Å². The molecule has 7 heteroatoms. The maximum Gasteiger partial charge on any atom is 0.258 e. The van der Waals surface area contributed by atoms with E-state index in [-0.39, 0.29) is 12.5 Å². The summed E-state index contributed by atoms with van der Waals surface area (Å²) in [6.45, 7) is 4.78. The maximum absolute atomic E-state index is 11.8. The van der Waals surface area contributed by atoms with Crippen molar-refractivity contribution in [1.82, 2.24) is 16.0 Å². The van der Waals surface area contributed by atoms with E-state index in [9.17, 15) is 4.79 Å². The van der Waals surface area contributed by atoms with Gasteiger partial charge in [-0.15, -0.1) is 0 Å². The molecule has 0 heterocycles. The second kappa shape index (κ2) is 12.5. The first-order chi connectivity index (χ1) is 15.2. The summed E-state index contributed by atoms with van der Waals surface area (Å²) in [7, 11) is 0. The molecule has 1 saturated carbocycles. The van der Waals surface area contributed by atoms with Crippen LogP contribution in [-0.2, 0) is 11.3 Å². The fraction of sp³-hybridized carbons (Fsp3) is 0.417. The summed E-state index contributed by atoms with van der Waals surface area (Å²) in [5.74, 6) is 2.25. The number of para-hydroxylation sites is 1. The van der Waals surface area contributed by atoms with E-state index < -0.39 is 0 Å². The molecule has 0 atom stereocenters. The van der Waals surface area contributed by atoms with Gasteiger partial charge in [0.05, 0.1) is 13.2 Å². The number of nitrogens with zero attached hydrogens (tertiary/aromatic N) is 1. The highest BCUT2D eigenvalue weighted by molar-refractivity contribution is 5.79. The van der Waals surface area contributed by atoms with Gasteiger partial charge in [0, 0.05) is 19.1 Å². The van der Waals surface area contributed by atoms with Crippen molar-refractivity contribution in [3.63, 3.8) is 0 Å². The fourth-order valence-corrected chi connectivity index (χ4v) is 2.88. The highest BCUT2D eigenvalue weighted by Crippen LogP contribution is 2.18. The molecular formula is C24H32N4O3. The van der Waals surface area contributed by atoms with E-state index in [4.69, 9.17) is 9.47 Å². The molecule has 166 valence electrons. The molecule has 7 nitrogen and oxygen atoms in total. The van der Waals surface area contributed by atoms with Crippen LogP contribution >= 0.6 is 0 Å². The quantitative estimate of drug-likeness (QED) is 0.277. The number of ether oxygens (including phenoxy) is 2. The first-order valence-corrected chi connectivity index (χ1v) is 10.9. The van der Waals surface area contributed by atoms with Crippen molar-refractivity contribution < 1.29 is 14.3 Å². The highest BCUT2D eigenvalue weighted by atomic mass is 16.5. The lowest BCUT2D eigenvalue weighted by Crippen LogP contribution is -2.38. The van der Waals surface area contributed by atoms with Crippen LogP contribution in [0, 0.1) is 0 Å². The molecular weight excluding hydrogens is 392 g/mol. The fourth-order valence-electron chi connectivity index (χ4n) is 2.88. The van der Waals surface area contributed by atoms with Gasteiger partial charge in [0.1, 0.15) is 11.5 Å². The van der Waals surface area contributed by atoms with Gasteiger partial charge >= 0.3 is 0 Å². The molecule has 1 aliphatic rings. The second-order valence-corrected chi connectivity index (χ2v) is 7.41. The van der Waals surface area contributed by atoms with Crippen LogP contribution in [0.1, 0.15) is 31.7 Å². The third-order valence-corrected chi connectivity index (χ3v) is 4.60. The van der Waals surface area contributed by atoms with Gasteiger partial charge < -0.3 is 25.4 Å². The molecule has 3 rings (SSSR count). The molecule has 0 bridgehead atoms. The largest absolute Gasteiger partial charge is 0.494 e. The number of hydrogen-bond donors (Lipinski definition) is 3. The molecule has 2 aromatic carbocycles. The predicted molar refractivity (Wildman–Crippen MR) is 122 cm³/mol. The van der Waals surface area contributed by atoms with Gasteiger partial charge in [-0.3, -0.25) is 4.79 Å².